The largest absolute Gasteiger partial charge is 0.494 e. The number of nitrogens with one attached hydrogen (secondary N) is 1. The predicted molar refractivity (Wildman–Crippen MR) is 109 cm³/mol. The highest BCUT2D eigenvalue weighted by molar-refractivity contribution is 7.89. The molecule has 1 fully saturated rings. The number of nitrogens with zero attached hydrogens (tertiary/aromatic N) is 1. The minimum atomic E-state index is -3.64. The second-order valence-corrected chi connectivity index (χ2v) is 8.90. The summed E-state index contributed by atoms with van der Waals surface area (Å²) in [5.74, 6) is 0.124. The maximum atomic E-state index is 13.0. The zero-order valence-corrected chi connectivity index (χ0v) is 17.0. The standard InChI is InChI=1S/C21H26N2O4S/c1-3-27-19-9-11-20(12-10-19)28(25,26)23-13-5-7-17(15-23)21(24)22-18-8-4-6-16(2)14-18/h4,6,8-12,14,17H,3,5,7,13,15H2,1-2H3,(H,22,24)/t17-/m1/s1. The number of anilines is 1. The van der Waals surface area contributed by atoms with Crippen molar-refractivity contribution in [3.05, 3.63) is 54.1 Å². The van der Waals surface area contributed by atoms with E-state index in [4.69, 9.17) is 4.74 Å². The van der Waals surface area contributed by atoms with E-state index in [0.29, 0.717) is 31.7 Å². The van der Waals surface area contributed by atoms with Crippen molar-refractivity contribution in [2.75, 3.05) is 25.0 Å². The Morgan fingerprint density at radius 3 is 2.64 bits per heavy atom. The fourth-order valence-electron chi connectivity index (χ4n) is 3.37. The maximum Gasteiger partial charge on any atom is 0.243 e. The topological polar surface area (TPSA) is 75.7 Å². The van der Waals surface area contributed by atoms with Crippen LogP contribution in [-0.2, 0) is 14.8 Å². The van der Waals surface area contributed by atoms with E-state index < -0.39 is 10.0 Å². The van der Waals surface area contributed by atoms with Crippen LogP contribution < -0.4 is 10.1 Å². The van der Waals surface area contributed by atoms with E-state index in [1.807, 2.05) is 38.1 Å². The summed E-state index contributed by atoms with van der Waals surface area (Å²) in [5, 5.41) is 2.91. The summed E-state index contributed by atoms with van der Waals surface area (Å²) in [6, 6.07) is 14.0. The lowest BCUT2D eigenvalue weighted by Gasteiger charge is -2.31. The van der Waals surface area contributed by atoms with Gasteiger partial charge in [0.2, 0.25) is 15.9 Å². The molecule has 0 saturated carbocycles. The molecule has 0 aliphatic carbocycles. The molecular formula is C21H26N2O4S. The molecule has 3 rings (SSSR count). The van der Waals surface area contributed by atoms with Gasteiger partial charge in [-0.2, -0.15) is 4.31 Å². The highest BCUT2D eigenvalue weighted by Crippen LogP contribution is 2.26. The molecule has 1 amide bonds. The quantitative estimate of drug-likeness (QED) is 0.803. The number of hydrogen-bond acceptors (Lipinski definition) is 4. The maximum absolute atomic E-state index is 13.0. The van der Waals surface area contributed by atoms with E-state index in [1.54, 1.807) is 24.3 Å². The Morgan fingerprint density at radius 2 is 1.96 bits per heavy atom. The summed E-state index contributed by atoms with van der Waals surface area (Å²) >= 11 is 0. The highest BCUT2D eigenvalue weighted by atomic mass is 32.2. The number of sulfonamides is 1. The first-order valence-corrected chi connectivity index (χ1v) is 10.9. The van der Waals surface area contributed by atoms with Gasteiger partial charge in [-0.05, 0) is 68.7 Å². The first-order chi connectivity index (χ1) is 13.4. The molecular weight excluding hydrogens is 376 g/mol. The van der Waals surface area contributed by atoms with Crippen molar-refractivity contribution < 1.29 is 17.9 Å². The molecule has 7 heteroatoms. The van der Waals surface area contributed by atoms with Crippen molar-refractivity contribution in [3.63, 3.8) is 0 Å². The van der Waals surface area contributed by atoms with Crippen molar-refractivity contribution in [3.8, 4) is 5.75 Å². The zero-order chi connectivity index (χ0) is 20.1. The minimum absolute atomic E-state index is 0.141. The van der Waals surface area contributed by atoms with E-state index in [2.05, 4.69) is 5.32 Å². The van der Waals surface area contributed by atoms with Crippen molar-refractivity contribution in [2.45, 2.75) is 31.6 Å². The summed E-state index contributed by atoms with van der Waals surface area (Å²) < 4.78 is 32.7. The molecule has 6 nitrogen and oxygen atoms in total. The Kier molecular flexibility index (Phi) is 6.36. The Hall–Kier alpha value is -2.38. The van der Waals surface area contributed by atoms with Crippen molar-refractivity contribution in [1.82, 2.24) is 4.31 Å². The Balaban J connectivity index is 1.70. The van der Waals surface area contributed by atoms with Gasteiger partial charge in [-0.15, -0.1) is 0 Å². The number of carbonyl (C=O) groups is 1. The van der Waals surface area contributed by atoms with Gasteiger partial charge >= 0.3 is 0 Å². The summed E-state index contributed by atoms with van der Waals surface area (Å²) in [5.41, 5.74) is 1.79. The van der Waals surface area contributed by atoms with Crippen LogP contribution in [0.3, 0.4) is 0 Å². The highest BCUT2D eigenvalue weighted by Gasteiger charge is 2.33. The van der Waals surface area contributed by atoms with Crippen molar-refractivity contribution in [1.29, 1.82) is 0 Å². The van der Waals surface area contributed by atoms with Crippen LogP contribution in [0.1, 0.15) is 25.3 Å². The summed E-state index contributed by atoms with van der Waals surface area (Å²) in [4.78, 5) is 12.9. The number of amides is 1. The minimum Gasteiger partial charge on any atom is -0.494 e. The predicted octanol–water partition coefficient (Wildman–Crippen LogP) is 3.43. The second-order valence-electron chi connectivity index (χ2n) is 6.97. The summed E-state index contributed by atoms with van der Waals surface area (Å²) in [6.07, 6.45) is 1.33. The molecule has 150 valence electrons. The van der Waals surface area contributed by atoms with E-state index in [0.717, 1.165) is 11.3 Å². The third kappa shape index (κ3) is 4.72. The molecule has 28 heavy (non-hydrogen) atoms. The van der Waals surface area contributed by atoms with Gasteiger partial charge in [-0.1, -0.05) is 12.1 Å². The van der Waals surface area contributed by atoms with Crippen molar-refractivity contribution in [2.24, 2.45) is 5.92 Å². The van der Waals surface area contributed by atoms with Gasteiger partial charge in [0.25, 0.3) is 0 Å². The summed E-state index contributed by atoms with van der Waals surface area (Å²) in [6.45, 7) is 4.97. The number of hydrogen-bond donors (Lipinski definition) is 1. The molecule has 0 unspecified atom stereocenters. The Morgan fingerprint density at radius 1 is 1.21 bits per heavy atom. The molecule has 2 aromatic carbocycles. The normalized spacial score (nSPS) is 17.9. The molecule has 1 aliphatic rings. The van der Waals surface area contributed by atoms with Crippen LogP contribution in [0.25, 0.3) is 0 Å². The fourth-order valence-corrected chi connectivity index (χ4v) is 4.89. The van der Waals surface area contributed by atoms with Crippen LogP contribution in [0, 0.1) is 12.8 Å². The molecule has 0 spiro atoms. The van der Waals surface area contributed by atoms with E-state index in [1.165, 1.54) is 4.31 Å². The van der Waals surface area contributed by atoms with E-state index in [9.17, 15) is 13.2 Å². The van der Waals surface area contributed by atoms with Gasteiger partial charge in [-0.3, -0.25) is 4.79 Å². The first kappa shape index (κ1) is 20.4. The van der Waals surface area contributed by atoms with Crippen LogP contribution in [0.15, 0.2) is 53.4 Å². The molecule has 1 saturated heterocycles. The third-order valence-corrected chi connectivity index (χ3v) is 6.69. The number of rotatable bonds is 6. The number of aryl methyl sites for hydroxylation is 1. The molecule has 0 bridgehead atoms. The zero-order valence-electron chi connectivity index (χ0n) is 16.2. The molecule has 1 N–H and O–H groups in total. The van der Waals surface area contributed by atoms with Gasteiger partial charge < -0.3 is 10.1 Å². The van der Waals surface area contributed by atoms with Gasteiger partial charge in [0.05, 0.1) is 17.4 Å². The fraction of sp³-hybridized carbons (Fsp3) is 0.381. The van der Waals surface area contributed by atoms with E-state index >= 15 is 0 Å². The van der Waals surface area contributed by atoms with Crippen LogP contribution in [0.5, 0.6) is 5.75 Å². The smallest absolute Gasteiger partial charge is 0.243 e. The second kappa shape index (κ2) is 8.75. The molecule has 1 heterocycles. The lowest BCUT2D eigenvalue weighted by Crippen LogP contribution is -2.43. The molecule has 0 radical (unpaired) electrons. The van der Waals surface area contributed by atoms with Gasteiger partial charge in [0.15, 0.2) is 0 Å². The third-order valence-electron chi connectivity index (χ3n) is 4.81. The van der Waals surface area contributed by atoms with Gasteiger partial charge in [-0.25, -0.2) is 8.42 Å². The lowest BCUT2D eigenvalue weighted by molar-refractivity contribution is -0.120. The molecule has 1 aliphatic heterocycles. The monoisotopic (exact) mass is 402 g/mol. The Labute approximate surface area is 166 Å². The van der Waals surface area contributed by atoms with Crippen LogP contribution in [0.4, 0.5) is 5.69 Å². The number of carbonyl (C=O) groups excluding carboxylic acids is 1. The van der Waals surface area contributed by atoms with Gasteiger partial charge in [0, 0.05) is 18.8 Å². The summed E-state index contributed by atoms with van der Waals surface area (Å²) in [7, 11) is -3.64. The lowest BCUT2D eigenvalue weighted by atomic mass is 9.98. The SMILES string of the molecule is CCOc1ccc(S(=O)(=O)N2CCC[C@@H](C(=O)Nc3cccc(C)c3)C2)cc1. The van der Waals surface area contributed by atoms with Crippen LogP contribution in [0.2, 0.25) is 0 Å². The molecule has 0 aromatic heterocycles. The van der Waals surface area contributed by atoms with Crippen LogP contribution >= 0.6 is 0 Å². The molecule has 2 aromatic rings. The average Bonchev–Trinajstić information content (AvgIpc) is 2.69. The van der Waals surface area contributed by atoms with Gasteiger partial charge in [0.1, 0.15) is 5.75 Å². The van der Waals surface area contributed by atoms with Crippen LogP contribution in [-0.4, -0.2) is 38.3 Å². The van der Waals surface area contributed by atoms with Crippen molar-refractivity contribution >= 4 is 21.6 Å². The number of ether oxygens (including phenoxy) is 1. The number of piperidine rings is 1. The Bertz CT molecular complexity index is 926. The first-order valence-electron chi connectivity index (χ1n) is 9.50. The van der Waals surface area contributed by atoms with E-state index in [-0.39, 0.29) is 23.3 Å². The molecule has 1 atom stereocenters. The number of benzene rings is 2. The average molecular weight is 403 g/mol.